The highest BCUT2D eigenvalue weighted by atomic mass is 16.2. The predicted octanol–water partition coefficient (Wildman–Crippen LogP) is 2.17. The van der Waals surface area contributed by atoms with E-state index in [0.717, 1.165) is 42.7 Å². The van der Waals surface area contributed by atoms with E-state index in [-0.39, 0.29) is 5.91 Å². The minimum absolute atomic E-state index is 0.0607. The third kappa shape index (κ3) is 1.91. The van der Waals surface area contributed by atoms with Crippen LogP contribution in [-0.2, 0) is 17.6 Å². The molecule has 0 unspecified atom stereocenters. The maximum Gasteiger partial charge on any atom is 0.273 e. The largest absolute Gasteiger partial charge is 0.359 e. The lowest BCUT2D eigenvalue weighted by Crippen LogP contribution is -2.13. The van der Waals surface area contributed by atoms with E-state index in [0.29, 0.717) is 5.92 Å². The van der Waals surface area contributed by atoms with Crippen molar-refractivity contribution in [3.05, 3.63) is 28.6 Å². The molecule has 2 heterocycles. The molecule has 4 rings (SSSR count). The Morgan fingerprint density at radius 3 is 2.89 bits per heavy atom. The lowest BCUT2D eigenvalue weighted by molar-refractivity contribution is -0.116. The molecule has 98 valence electrons. The molecule has 0 saturated heterocycles. The molecular weight excluding hydrogens is 238 g/mol. The van der Waals surface area contributed by atoms with Crippen molar-refractivity contribution in [3.8, 4) is 0 Å². The lowest BCUT2D eigenvalue weighted by Gasteiger charge is -2.08. The molecule has 4 heteroatoms. The van der Waals surface area contributed by atoms with Crippen LogP contribution in [0.25, 0.3) is 6.08 Å². The zero-order valence-corrected chi connectivity index (χ0v) is 10.8. The van der Waals surface area contributed by atoms with Crippen molar-refractivity contribution >= 4 is 17.7 Å². The molecule has 3 aliphatic rings. The van der Waals surface area contributed by atoms with Crippen LogP contribution in [0.1, 0.15) is 42.6 Å². The van der Waals surface area contributed by atoms with Gasteiger partial charge in [0, 0.05) is 17.3 Å². The molecule has 1 aliphatic heterocycles. The monoisotopic (exact) mass is 255 g/mol. The number of carbonyl (C=O) groups is 1. The highest BCUT2D eigenvalue weighted by Gasteiger charge is 2.35. The van der Waals surface area contributed by atoms with Gasteiger partial charge in [-0.2, -0.15) is 5.10 Å². The third-order valence-corrected chi connectivity index (χ3v) is 4.20. The van der Waals surface area contributed by atoms with Gasteiger partial charge in [0.1, 0.15) is 0 Å². The normalized spacial score (nSPS) is 24.3. The van der Waals surface area contributed by atoms with Crippen LogP contribution in [0.15, 0.2) is 16.7 Å². The van der Waals surface area contributed by atoms with Crippen molar-refractivity contribution in [3.63, 3.8) is 0 Å². The Morgan fingerprint density at radius 1 is 1.26 bits per heavy atom. The van der Waals surface area contributed by atoms with Gasteiger partial charge in [-0.3, -0.25) is 4.79 Å². The lowest BCUT2D eigenvalue weighted by atomic mass is 9.98. The molecule has 19 heavy (non-hydrogen) atoms. The summed E-state index contributed by atoms with van der Waals surface area (Å²) >= 11 is 0. The average molecular weight is 255 g/mol. The van der Waals surface area contributed by atoms with E-state index in [1.807, 2.05) is 6.08 Å². The summed E-state index contributed by atoms with van der Waals surface area (Å²) in [5.74, 6) is 0.434. The number of aromatic amines is 1. The van der Waals surface area contributed by atoms with E-state index in [9.17, 15) is 4.79 Å². The number of rotatable bonds is 2. The molecule has 2 aliphatic carbocycles. The Morgan fingerprint density at radius 2 is 2.11 bits per heavy atom. The van der Waals surface area contributed by atoms with Crippen molar-refractivity contribution in [2.75, 3.05) is 0 Å². The van der Waals surface area contributed by atoms with Gasteiger partial charge in [-0.1, -0.05) is 0 Å². The molecule has 0 bridgehead atoms. The number of carbonyl (C=O) groups excluding carboxylic acids is 1. The Balaban J connectivity index is 1.68. The number of H-pyrrole nitrogens is 1. The molecule has 2 N–H and O–H groups in total. The van der Waals surface area contributed by atoms with Gasteiger partial charge in [-0.25, -0.2) is 5.43 Å². The number of aryl methyl sites for hydroxylation is 2. The average Bonchev–Trinajstić information content (AvgIpc) is 3.07. The molecule has 0 spiro atoms. The van der Waals surface area contributed by atoms with E-state index < -0.39 is 0 Å². The van der Waals surface area contributed by atoms with Crippen LogP contribution in [0.5, 0.6) is 0 Å². The molecule has 1 amide bonds. The summed E-state index contributed by atoms with van der Waals surface area (Å²) in [7, 11) is 0. The smallest absolute Gasteiger partial charge is 0.273 e. The molecule has 1 aromatic heterocycles. The van der Waals surface area contributed by atoms with Gasteiger partial charge >= 0.3 is 0 Å². The number of nitrogens with zero attached hydrogens (tertiary/aromatic N) is 1. The van der Waals surface area contributed by atoms with Crippen LogP contribution in [0.4, 0.5) is 0 Å². The quantitative estimate of drug-likeness (QED) is 0.782. The number of hydrogen-bond donors (Lipinski definition) is 2. The van der Waals surface area contributed by atoms with Crippen molar-refractivity contribution in [1.29, 1.82) is 0 Å². The van der Waals surface area contributed by atoms with E-state index in [1.54, 1.807) is 0 Å². The van der Waals surface area contributed by atoms with E-state index in [4.69, 9.17) is 0 Å². The Hall–Kier alpha value is -1.84. The highest BCUT2D eigenvalue weighted by Crippen LogP contribution is 2.35. The van der Waals surface area contributed by atoms with E-state index >= 15 is 0 Å². The van der Waals surface area contributed by atoms with Crippen molar-refractivity contribution in [2.24, 2.45) is 11.0 Å². The van der Waals surface area contributed by atoms with Crippen LogP contribution in [0.3, 0.4) is 0 Å². The van der Waals surface area contributed by atoms with Gasteiger partial charge in [0.05, 0.1) is 11.3 Å². The van der Waals surface area contributed by atoms with Gasteiger partial charge < -0.3 is 4.98 Å². The van der Waals surface area contributed by atoms with Gasteiger partial charge in [0.2, 0.25) is 0 Å². The first-order valence-corrected chi connectivity index (χ1v) is 7.12. The van der Waals surface area contributed by atoms with Crippen LogP contribution >= 0.6 is 0 Å². The van der Waals surface area contributed by atoms with Crippen molar-refractivity contribution < 1.29 is 4.79 Å². The zero-order chi connectivity index (χ0) is 12.8. The SMILES string of the molecule is O=C1NN=C(C2CC2)C1=Cc1cc2c([nH]1)CCCC2. The first-order chi connectivity index (χ1) is 9.31. The fourth-order valence-electron chi connectivity index (χ4n) is 3.02. The molecule has 1 saturated carbocycles. The van der Waals surface area contributed by atoms with Gasteiger partial charge in [-0.15, -0.1) is 0 Å². The second-order valence-corrected chi connectivity index (χ2v) is 5.71. The minimum Gasteiger partial charge on any atom is -0.359 e. The summed E-state index contributed by atoms with van der Waals surface area (Å²) in [6.07, 6.45) is 9.12. The summed E-state index contributed by atoms with van der Waals surface area (Å²) in [4.78, 5) is 15.3. The van der Waals surface area contributed by atoms with Crippen LogP contribution in [0.2, 0.25) is 0 Å². The van der Waals surface area contributed by atoms with E-state index in [1.165, 1.54) is 24.1 Å². The van der Waals surface area contributed by atoms with Crippen molar-refractivity contribution in [1.82, 2.24) is 10.4 Å². The molecule has 1 fully saturated rings. The molecule has 4 nitrogen and oxygen atoms in total. The number of fused-ring (bicyclic) bond motifs is 1. The Labute approximate surface area is 112 Å². The van der Waals surface area contributed by atoms with E-state index in [2.05, 4.69) is 21.6 Å². The number of aromatic nitrogens is 1. The number of hydrazone groups is 1. The predicted molar refractivity (Wildman–Crippen MR) is 73.7 cm³/mol. The summed E-state index contributed by atoms with van der Waals surface area (Å²) in [6.45, 7) is 0. The fourth-order valence-corrected chi connectivity index (χ4v) is 3.02. The molecule has 0 aromatic carbocycles. The Bertz CT molecular complexity index is 581. The zero-order valence-electron chi connectivity index (χ0n) is 10.8. The summed E-state index contributed by atoms with van der Waals surface area (Å²) in [6, 6.07) is 2.19. The summed E-state index contributed by atoms with van der Waals surface area (Å²) in [5.41, 5.74) is 8.11. The maximum atomic E-state index is 11.9. The first kappa shape index (κ1) is 11.0. The minimum atomic E-state index is -0.0607. The summed E-state index contributed by atoms with van der Waals surface area (Å²) < 4.78 is 0. The van der Waals surface area contributed by atoms with Crippen LogP contribution < -0.4 is 5.43 Å². The Kier molecular flexibility index (Phi) is 2.37. The van der Waals surface area contributed by atoms with Crippen LogP contribution in [0, 0.1) is 5.92 Å². The topological polar surface area (TPSA) is 57.2 Å². The maximum absolute atomic E-state index is 11.9. The molecular formula is C15H17N3O. The first-order valence-electron chi connectivity index (χ1n) is 7.12. The van der Waals surface area contributed by atoms with Gasteiger partial charge in [0.25, 0.3) is 5.91 Å². The van der Waals surface area contributed by atoms with Gasteiger partial charge in [0.15, 0.2) is 0 Å². The van der Waals surface area contributed by atoms with Gasteiger partial charge in [-0.05, 0) is 56.2 Å². The molecule has 0 radical (unpaired) electrons. The second-order valence-electron chi connectivity index (χ2n) is 5.71. The number of hydrogen-bond acceptors (Lipinski definition) is 2. The molecule has 0 atom stereocenters. The third-order valence-electron chi connectivity index (χ3n) is 4.20. The fraction of sp³-hybridized carbons (Fsp3) is 0.467. The standard InChI is InChI=1S/C15H17N3O/c19-15-12(14(17-18-15)9-5-6-9)8-11-7-10-3-1-2-4-13(10)16-11/h7-9,16H,1-6H2,(H,18,19). The number of amides is 1. The molecule has 1 aromatic rings. The van der Waals surface area contributed by atoms with Crippen LogP contribution in [-0.4, -0.2) is 16.6 Å². The highest BCUT2D eigenvalue weighted by molar-refractivity contribution is 6.28. The number of nitrogens with one attached hydrogen (secondary N) is 2. The summed E-state index contributed by atoms with van der Waals surface area (Å²) in [5, 5.41) is 4.17. The second kappa shape index (κ2) is 4.08. The van der Waals surface area contributed by atoms with Crippen molar-refractivity contribution in [2.45, 2.75) is 38.5 Å².